The molecule has 12 nitrogen and oxygen atoms in total. The molecule has 2 aliphatic heterocycles. The smallest absolute Gasteiger partial charge is 0.410 e. The second kappa shape index (κ2) is 12.3. The van der Waals surface area contributed by atoms with E-state index in [4.69, 9.17) is 10.5 Å². The third kappa shape index (κ3) is 6.15. The van der Waals surface area contributed by atoms with Crippen LogP contribution in [-0.2, 0) is 4.74 Å². The molecule has 0 aliphatic carbocycles. The number of fused-ring (bicyclic) bond motifs is 1. The van der Waals surface area contributed by atoms with Gasteiger partial charge in [0, 0.05) is 43.8 Å². The van der Waals surface area contributed by atoms with Gasteiger partial charge in [-0.15, -0.1) is 0 Å². The van der Waals surface area contributed by atoms with Crippen molar-refractivity contribution in [2.24, 2.45) is 0 Å². The van der Waals surface area contributed by atoms with Crippen LogP contribution in [-0.4, -0.2) is 75.5 Å². The fourth-order valence-electron chi connectivity index (χ4n) is 5.95. The molecule has 1 saturated heterocycles. The van der Waals surface area contributed by atoms with E-state index in [1.54, 1.807) is 14.5 Å². The van der Waals surface area contributed by atoms with Gasteiger partial charge in [-0.1, -0.05) is 30.3 Å². The maximum absolute atomic E-state index is 13.8. The lowest BCUT2D eigenvalue weighted by Gasteiger charge is -2.41. The standard InChI is InChI=1S/C34H41N9O3/c1-22-15-16-42-28(22)32(44)43(26-9-7-6-8-10-26)31(39-42)23(2)38-30-27(29(35)36-21-37-30)24-11-13-25(14-12-24)40-17-19-41(20-18-40)33(45)46-34(3,4)5/h6-16,21,23,31,39H,17-20H2,1-5H3,(H3,35,36,37,38)/t23-,31?/m0/s1. The quantitative estimate of drug-likeness (QED) is 0.274. The summed E-state index contributed by atoms with van der Waals surface area (Å²) in [5.74, 6) is 0.825. The zero-order valence-electron chi connectivity index (χ0n) is 26.9. The predicted octanol–water partition coefficient (Wildman–Crippen LogP) is 4.92. The van der Waals surface area contributed by atoms with Gasteiger partial charge >= 0.3 is 6.09 Å². The topological polar surface area (TPSA) is 134 Å². The van der Waals surface area contributed by atoms with E-state index in [2.05, 4.69) is 25.6 Å². The summed E-state index contributed by atoms with van der Waals surface area (Å²) in [5.41, 5.74) is 14.3. The number of amides is 2. The number of nitrogens with two attached hydrogens (primary N) is 1. The third-order valence-corrected chi connectivity index (χ3v) is 8.26. The van der Waals surface area contributed by atoms with Crippen LogP contribution in [0, 0.1) is 6.92 Å². The predicted molar refractivity (Wildman–Crippen MR) is 181 cm³/mol. The molecule has 12 heteroatoms. The van der Waals surface area contributed by atoms with Gasteiger partial charge in [-0.3, -0.25) is 14.4 Å². The van der Waals surface area contributed by atoms with Crippen LogP contribution in [0.3, 0.4) is 0 Å². The summed E-state index contributed by atoms with van der Waals surface area (Å²) in [6, 6.07) is 19.4. The molecule has 46 heavy (non-hydrogen) atoms. The van der Waals surface area contributed by atoms with Crippen molar-refractivity contribution in [3.8, 4) is 11.1 Å². The fraction of sp³-hybridized carbons (Fsp3) is 0.353. The molecule has 2 aliphatic rings. The molecule has 0 saturated carbocycles. The molecular formula is C34H41N9O3. The lowest BCUT2D eigenvalue weighted by atomic mass is 10.0. The normalized spacial score (nSPS) is 17.3. The number of carbonyl (C=O) groups excluding carboxylic acids is 2. The zero-order chi connectivity index (χ0) is 32.6. The van der Waals surface area contributed by atoms with Crippen molar-refractivity contribution in [3.05, 3.63) is 84.4 Å². The number of benzene rings is 2. The lowest BCUT2D eigenvalue weighted by molar-refractivity contribution is 0.0240. The average Bonchev–Trinajstić information content (AvgIpc) is 3.41. The highest BCUT2D eigenvalue weighted by atomic mass is 16.6. The van der Waals surface area contributed by atoms with Crippen LogP contribution in [0.4, 0.5) is 27.8 Å². The second-order valence-corrected chi connectivity index (χ2v) is 12.7. The molecule has 1 unspecified atom stereocenters. The number of anilines is 4. The first-order chi connectivity index (χ1) is 22.0. The monoisotopic (exact) mass is 623 g/mol. The summed E-state index contributed by atoms with van der Waals surface area (Å²) in [6.45, 7) is 12.1. The molecule has 4 aromatic rings. The van der Waals surface area contributed by atoms with Gasteiger partial charge in [0.25, 0.3) is 5.91 Å². The van der Waals surface area contributed by atoms with E-state index in [1.807, 2.05) is 101 Å². The molecular weight excluding hydrogens is 582 g/mol. The van der Waals surface area contributed by atoms with Crippen molar-refractivity contribution in [1.82, 2.24) is 19.5 Å². The fourth-order valence-corrected chi connectivity index (χ4v) is 5.95. The Morgan fingerprint density at radius 2 is 1.70 bits per heavy atom. The molecule has 2 aromatic carbocycles. The molecule has 0 spiro atoms. The Kier molecular flexibility index (Phi) is 8.20. The van der Waals surface area contributed by atoms with Crippen LogP contribution in [0.1, 0.15) is 43.7 Å². The van der Waals surface area contributed by atoms with Gasteiger partial charge in [-0.2, -0.15) is 0 Å². The lowest BCUT2D eigenvalue weighted by Crippen LogP contribution is -2.59. The van der Waals surface area contributed by atoms with Gasteiger partial charge in [0.05, 0.1) is 11.6 Å². The summed E-state index contributed by atoms with van der Waals surface area (Å²) >= 11 is 0. The van der Waals surface area contributed by atoms with Gasteiger partial charge in [0.1, 0.15) is 35.4 Å². The van der Waals surface area contributed by atoms with E-state index in [9.17, 15) is 9.59 Å². The number of aryl methyl sites for hydroxylation is 1. The molecule has 240 valence electrons. The number of para-hydroxylation sites is 1. The highest BCUT2D eigenvalue weighted by molar-refractivity contribution is 6.07. The minimum absolute atomic E-state index is 0.0870. The number of hydrogen-bond donors (Lipinski definition) is 3. The minimum Gasteiger partial charge on any atom is -0.444 e. The highest BCUT2D eigenvalue weighted by Crippen LogP contribution is 2.34. The minimum atomic E-state index is -0.518. The maximum Gasteiger partial charge on any atom is 0.410 e. The summed E-state index contributed by atoms with van der Waals surface area (Å²) < 4.78 is 7.33. The van der Waals surface area contributed by atoms with Crippen LogP contribution in [0.15, 0.2) is 73.2 Å². The zero-order valence-corrected chi connectivity index (χ0v) is 26.9. The van der Waals surface area contributed by atoms with E-state index in [-0.39, 0.29) is 18.0 Å². The van der Waals surface area contributed by atoms with Crippen LogP contribution in [0.2, 0.25) is 0 Å². The number of nitrogen functional groups attached to an aromatic ring is 1. The van der Waals surface area contributed by atoms with Crippen molar-refractivity contribution < 1.29 is 14.3 Å². The molecule has 6 rings (SSSR count). The number of hydrogen-bond acceptors (Lipinski definition) is 9. The second-order valence-electron chi connectivity index (χ2n) is 12.7. The van der Waals surface area contributed by atoms with Crippen molar-refractivity contribution in [3.63, 3.8) is 0 Å². The van der Waals surface area contributed by atoms with Gasteiger partial charge < -0.3 is 31.0 Å². The first kappa shape index (κ1) is 30.8. The highest BCUT2D eigenvalue weighted by Gasteiger charge is 2.38. The van der Waals surface area contributed by atoms with E-state index >= 15 is 0 Å². The van der Waals surface area contributed by atoms with E-state index < -0.39 is 11.8 Å². The molecule has 2 amide bonds. The Balaban J connectivity index is 1.21. The van der Waals surface area contributed by atoms with Crippen molar-refractivity contribution in [1.29, 1.82) is 0 Å². The third-order valence-electron chi connectivity index (χ3n) is 8.26. The van der Waals surface area contributed by atoms with Crippen molar-refractivity contribution in [2.75, 3.05) is 52.5 Å². The van der Waals surface area contributed by atoms with Gasteiger partial charge in [0.15, 0.2) is 0 Å². The van der Waals surface area contributed by atoms with Crippen LogP contribution < -0.4 is 26.3 Å². The summed E-state index contributed by atoms with van der Waals surface area (Å²) in [4.78, 5) is 41.0. The molecule has 2 atom stereocenters. The van der Waals surface area contributed by atoms with Crippen molar-refractivity contribution in [2.45, 2.75) is 52.4 Å². The van der Waals surface area contributed by atoms with Gasteiger partial charge in [-0.25, -0.2) is 14.8 Å². The number of nitrogens with zero attached hydrogens (tertiary/aromatic N) is 6. The molecule has 2 aromatic heterocycles. The molecule has 0 bridgehead atoms. The van der Waals surface area contributed by atoms with E-state index in [0.29, 0.717) is 49.1 Å². The number of piperazine rings is 1. The first-order valence-corrected chi connectivity index (χ1v) is 15.5. The van der Waals surface area contributed by atoms with Crippen LogP contribution >= 0.6 is 0 Å². The first-order valence-electron chi connectivity index (χ1n) is 15.5. The van der Waals surface area contributed by atoms with Crippen LogP contribution in [0.25, 0.3) is 11.1 Å². The Morgan fingerprint density at radius 1 is 1.00 bits per heavy atom. The van der Waals surface area contributed by atoms with Crippen LogP contribution in [0.5, 0.6) is 0 Å². The largest absolute Gasteiger partial charge is 0.444 e. The SMILES string of the molecule is Cc1ccn2c1C(=O)N(c1ccccc1)C([C@H](C)Nc1ncnc(N)c1-c1ccc(N3CCN(C(=O)OC(C)(C)C)CC3)cc1)N2. The number of ether oxygens (including phenoxy) is 1. The Morgan fingerprint density at radius 3 is 2.37 bits per heavy atom. The molecule has 4 N–H and O–H groups in total. The summed E-state index contributed by atoms with van der Waals surface area (Å²) in [5, 5.41) is 3.53. The maximum atomic E-state index is 13.8. The Labute approximate surface area is 269 Å². The average molecular weight is 624 g/mol. The number of aromatic nitrogens is 3. The Bertz CT molecular complexity index is 1710. The number of nitrogens with one attached hydrogen (secondary N) is 2. The van der Waals surface area contributed by atoms with E-state index in [1.165, 1.54) is 6.33 Å². The molecule has 4 heterocycles. The number of rotatable bonds is 6. The van der Waals surface area contributed by atoms with Crippen molar-refractivity contribution >= 4 is 35.0 Å². The number of carbonyl (C=O) groups is 2. The Hall–Kier alpha value is -5.26. The molecule has 0 radical (unpaired) electrons. The van der Waals surface area contributed by atoms with Gasteiger partial charge in [0.2, 0.25) is 0 Å². The summed E-state index contributed by atoms with van der Waals surface area (Å²) in [6.07, 6.45) is 2.59. The summed E-state index contributed by atoms with van der Waals surface area (Å²) in [7, 11) is 0. The van der Waals surface area contributed by atoms with Gasteiger partial charge in [-0.05, 0) is 76.1 Å². The molecule has 1 fully saturated rings. The van der Waals surface area contributed by atoms with E-state index in [0.717, 1.165) is 22.5 Å².